The third kappa shape index (κ3) is 3.80. The minimum atomic E-state index is -2.01. The second kappa shape index (κ2) is 7.05. The fourth-order valence-electron chi connectivity index (χ4n) is 2.89. The van der Waals surface area contributed by atoms with Gasteiger partial charge >= 0.3 is 5.97 Å². The number of ether oxygens (including phenoxy) is 1. The normalized spacial score (nSPS) is 26.2. The largest absolute Gasteiger partial charge is 0.480 e. The number of carboxylic acids is 1. The third-order valence-electron chi connectivity index (χ3n) is 4.13. The minimum absolute atomic E-state index is 0.221. The molecule has 1 saturated heterocycles. The van der Waals surface area contributed by atoms with Crippen LogP contribution in [0.2, 0.25) is 0 Å². The van der Waals surface area contributed by atoms with Crippen molar-refractivity contribution in [2.75, 3.05) is 31.2 Å². The molecule has 0 saturated carbocycles. The molecule has 2 aliphatic rings. The first kappa shape index (κ1) is 17.8. The van der Waals surface area contributed by atoms with Gasteiger partial charge < -0.3 is 20.1 Å². The minimum Gasteiger partial charge on any atom is -0.480 e. The Hall–Kier alpha value is -2.06. The zero-order valence-electron chi connectivity index (χ0n) is 13.7. The van der Waals surface area contributed by atoms with Gasteiger partial charge in [-0.2, -0.15) is 0 Å². The van der Waals surface area contributed by atoms with E-state index in [0.29, 0.717) is 31.9 Å². The molecule has 0 aromatic heterocycles. The van der Waals surface area contributed by atoms with Crippen molar-refractivity contribution in [3.63, 3.8) is 0 Å². The molecule has 2 N–H and O–H groups in total. The first-order chi connectivity index (χ1) is 11.9. The van der Waals surface area contributed by atoms with E-state index in [-0.39, 0.29) is 10.9 Å². The maximum atomic E-state index is 14.3. The number of halogens is 1. The van der Waals surface area contributed by atoms with Gasteiger partial charge in [-0.15, -0.1) is 0 Å². The van der Waals surface area contributed by atoms with E-state index in [2.05, 4.69) is 10.2 Å². The van der Waals surface area contributed by atoms with Crippen LogP contribution < -0.4 is 10.2 Å². The highest BCUT2D eigenvalue weighted by Crippen LogP contribution is 2.40. The zero-order chi connectivity index (χ0) is 18.0. The van der Waals surface area contributed by atoms with Gasteiger partial charge in [-0.1, -0.05) is 23.9 Å². The van der Waals surface area contributed by atoms with Crippen LogP contribution in [0.3, 0.4) is 0 Å². The molecule has 1 aromatic rings. The maximum absolute atomic E-state index is 14.3. The molecule has 1 fully saturated rings. The second-order valence-corrected chi connectivity index (χ2v) is 7.21. The molecule has 6 nitrogen and oxygen atoms in total. The van der Waals surface area contributed by atoms with Crippen LogP contribution in [0.15, 0.2) is 35.4 Å². The lowest BCUT2D eigenvalue weighted by molar-refractivity contribution is -0.138. The summed E-state index contributed by atoms with van der Waals surface area (Å²) in [4.78, 5) is 25.9. The summed E-state index contributed by atoms with van der Waals surface area (Å²) in [5.74, 6) is -1.63. The van der Waals surface area contributed by atoms with Crippen molar-refractivity contribution in [3.05, 3.63) is 40.9 Å². The monoisotopic (exact) mass is 366 g/mol. The average molecular weight is 366 g/mol. The number of alkyl halides is 1. The first-order valence-electron chi connectivity index (χ1n) is 7.93. The SMILES string of the molecule is CC1(F)C=C(NC(=O)c2ccccc2N2CCOCC2)SC1C(=O)O. The Morgan fingerprint density at radius 2 is 2.04 bits per heavy atom. The molecule has 0 spiro atoms. The lowest BCUT2D eigenvalue weighted by Gasteiger charge is -2.30. The fourth-order valence-corrected chi connectivity index (χ4v) is 3.99. The number of anilines is 1. The summed E-state index contributed by atoms with van der Waals surface area (Å²) >= 11 is 0.811. The Kier molecular flexibility index (Phi) is 5.01. The number of carbonyl (C=O) groups excluding carboxylic acids is 1. The number of carbonyl (C=O) groups is 2. The second-order valence-electron chi connectivity index (χ2n) is 6.07. The fraction of sp³-hybridized carbons (Fsp3) is 0.412. The number of thioether (sulfide) groups is 1. The Balaban J connectivity index is 1.77. The van der Waals surface area contributed by atoms with E-state index in [9.17, 15) is 14.0 Å². The van der Waals surface area contributed by atoms with E-state index in [1.165, 1.54) is 6.92 Å². The molecule has 2 heterocycles. The molecule has 2 unspecified atom stereocenters. The number of carboxylic acid groups (broad SMARTS) is 1. The van der Waals surface area contributed by atoms with Gasteiger partial charge in [-0.25, -0.2) is 4.39 Å². The number of nitrogens with one attached hydrogen (secondary N) is 1. The molecule has 1 amide bonds. The van der Waals surface area contributed by atoms with E-state index < -0.39 is 16.9 Å². The topological polar surface area (TPSA) is 78.9 Å². The molecule has 25 heavy (non-hydrogen) atoms. The van der Waals surface area contributed by atoms with Crippen LogP contribution in [0.1, 0.15) is 17.3 Å². The number of hydrogen-bond acceptors (Lipinski definition) is 5. The number of benzene rings is 1. The van der Waals surface area contributed by atoms with Gasteiger partial charge in [0.2, 0.25) is 0 Å². The van der Waals surface area contributed by atoms with Gasteiger partial charge in [-0.05, 0) is 25.1 Å². The van der Waals surface area contributed by atoms with E-state index >= 15 is 0 Å². The van der Waals surface area contributed by atoms with Gasteiger partial charge in [0.05, 0.1) is 23.8 Å². The number of hydrogen-bond donors (Lipinski definition) is 2. The molecular formula is C17H19FN2O4S. The number of aliphatic carboxylic acids is 1. The summed E-state index contributed by atoms with van der Waals surface area (Å²) in [6.45, 7) is 3.76. The van der Waals surface area contributed by atoms with Gasteiger partial charge in [0.15, 0.2) is 5.67 Å². The van der Waals surface area contributed by atoms with Crippen molar-refractivity contribution in [3.8, 4) is 0 Å². The van der Waals surface area contributed by atoms with Crippen molar-refractivity contribution >= 4 is 29.3 Å². The van der Waals surface area contributed by atoms with Crippen LogP contribution in [0, 0.1) is 0 Å². The zero-order valence-corrected chi connectivity index (χ0v) is 14.5. The molecule has 8 heteroatoms. The maximum Gasteiger partial charge on any atom is 0.320 e. The molecule has 0 aliphatic carbocycles. The highest BCUT2D eigenvalue weighted by Gasteiger charge is 2.45. The van der Waals surface area contributed by atoms with Gasteiger partial charge in [0.25, 0.3) is 5.91 Å². The van der Waals surface area contributed by atoms with Gasteiger partial charge in [0.1, 0.15) is 5.25 Å². The number of morpholine rings is 1. The number of allylic oxidation sites excluding steroid dienone is 1. The smallest absolute Gasteiger partial charge is 0.320 e. The summed E-state index contributed by atoms with van der Waals surface area (Å²) in [5, 5.41) is 10.7. The van der Waals surface area contributed by atoms with Crippen LogP contribution in [-0.2, 0) is 9.53 Å². The van der Waals surface area contributed by atoms with E-state index in [1.807, 2.05) is 12.1 Å². The Morgan fingerprint density at radius 3 is 2.68 bits per heavy atom. The van der Waals surface area contributed by atoms with Crippen molar-refractivity contribution in [2.24, 2.45) is 0 Å². The molecular weight excluding hydrogens is 347 g/mol. The van der Waals surface area contributed by atoms with Crippen molar-refractivity contribution in [1.29, 1.82) is 0 Å². The van der Waals surface area contributed by atoms with Gasteiger partial charge in [-0.3, -0.25) is 9.59 Å². The third-order valence-corrected chi connectivity index (χ3v) is 5.50. The number of nitrogens with zero attached hydrogens (tertiary/aromatic N) is 1. The van der Waals surface area contributed by atoms with Crippen LogP contribution >= 0.6 is 11.8 Å². The molecule has 1 aromatic carbocycles. The standard InChI is InChI=1S/C17H19FN2O4S/c1-17(18)10-13(25-14(17)16(22)23)19-15(21)11-4-2-3-5-12(11)20-6-8-24-9-7-20/h2-5,10,14H,6-9H2,1H3,(H,19,21)(H,22,23). The van der Waals surface area contributed by atoms with Crippen LogP contribution in [0.25, 0.3) is 0 Å². The Bertz CT molecular complexity index is 716. The Morgan fingerprint density at radius 1 is 1.36 bits per heavy atom. The average Bonchev–Trinajstić information content (AvgIpc) is 2.90. The van der Waals surface area contributed by atoms with Crippen molar-refractivity contribution in [2.45, 2.75) is 17.8 Å². The number of rotatable bonds is 4. The molecule has 2 aliphatic heterocycles. The van der Waals surface area contributed by atoms with E-state index in [4.69, 9.17) is 9.84 Å². The summed E-state index contributed by atoms with van der Waals surface area (Å²) in [7, 11) is 0. The summed E-state index contributed by atoms with van der Waals surface area (Å²) < 4.78 is 19.7. The predicted octanol–water partition coefficient (Wildman–Crippen LogP) is 2.02. The first-order valence-corrected chi connectivity index (χ1v) is 8.81. The van der Waals surface area contributed by atoms with Crippen LogP contribution in [0.5, 0.6) is 0 Å². The summed E-state index contributed by atoms with van der Waals surface area (Å²) in [5.41, 5.74) is -0.766. The number of para-hydroxylation sites is 1. The summed E-state index contributed by atoms with van der Waals surface area (Å²) in [6.07, 6.45) is 1.16. The molecule has 2 atom stereocenters. The Labute approximate surface area is 149 Å². The van der Waals surface area contributed by atoms with Crippen molar-refractivity contribution < 1.29 is 23.8 Å². The van der Waals surface area contributed by atoms with E-state index in [1.54, 1.807) is 12.1 Å². The lowest BCUT2D eigenvalue weighted by atomic mass is 10.0. The number of amides is 1. The quantitative estimate of drug-likeness (QED) is 0.849. The highest BCUT2D eigenvalue weighted by atomic mass is 32.2. The summed E-state index contributed by atoms with van der Waals surface area (Å²) in [6, 6.07) is 7.16. The van der Waals surface area contributed by atoms with Crippen molar-refractivity contribution in [1.82, 2.24) is 5.32 Å². The van der Waals surface area contributed by atoms with Gasteiger partial charge in [0, 0.05) is 18.8 Å². The molecule has 134 valence electrons. The lowest BCUT2D eigenvalue weighted by Crippen LogP contribution is -2.37. The molecule has 0 bridgehead atoms. The van der Waals surface area contributed by atoms with Crippen LogP contribution in [0.4, 0.5) is 10.1 Å². The van der Waals surface area contributed by atoms with E-state index in [0.717, 1.165) is 23.5 Å². The molecule has 0 radical (unpaired) electrons. The predicted molar refractivity (Wildman–Crippen MR) is 93.6 cm³/mol. The van der Waals surface area contributed by atoms with Crippen LogP contribution in [-0.4, -0.2) is 54.2 Å². The molecule has 3 rings (SSSR count). The highest BCUT2D eigenvalue weighted by molar-refractivity contribution is 8.04.